The van der Waals surface area contributed by atoms with Gasteiger partial charge in [-0.25, -0.2) is 15.0 Å². The predicted molar refractivity (Wildman–Crippen MR) is 256 cm³/mol. The van der Waals surface area contributed by atoms with E-state index in [1.807, 2.05) is 60.7 Å². The lowest BCUT2D eigenvalue weighted by Crippen LogP contribution is -2.00. The lowest BCUT2D eigenvalue weighted by molar-refractivity contribution is 1.07. The summed E-state index contributed by atoms with van der Waals surface area (Å²) in [5.74, 6) is 1.95. The lowest BCUT2D eigenvalue weighted by Gasteiger charge is -2.11. The Morgan fingerprint density at radius 3 is 1.13 bits per heavy atom. The summed E-state index contributed by atoms with van der Waals surface area (Å²) in [6, 6.07) is 79.4. The van der Waals surface area contributed by atoms with Gasteiger partial charge in [0.1, 0.15) is 0 Å². The Bertz CT molecular complexity index is 3550. The molecular formula is C57H37N5. The molecule has 0 spiro atoms. The summed E-state index contributed by atoms with van der Waals surface area (Å²) >= 11 is 0. The van der Waals surface area contributed by atoms with Crippen LogP contribution in [0, 0.1) is 0 Å². The highest BCUT2D eigenvalue weighted by molar-refractivity contribution is 6.12. The summed E-state index contributed by atoms with van der Waals surface area (Å²) in [6.07, 6.45) is 0. The molecule has 0 aliphatic carbocycles. The molecule has 0 atom stereocenters. The first-order valence-corrected chi connectivity index (χ1v) is 20.9. The normalized spacial score (nSPS) is 11.5. The molecule has 0 radical (unpaired) electrons. The summed E-state index contributed by atoms with van der Waals surface area (Å²) in [5, 5.41) is 4.91. The molecule has 5 heteroatoms. The highest BCUT2D eigenvalue weighted by atomic mass is 15.0. The fourth-order valence-electron chi connectivity index (χ4n) is 9.01. The fourth-order valence-corrected chi connectivity index (χ4v) is 9.01. The van der Waals surface area contributed by atoms with Crippen molar-refractivity contribution in [3.63, 3.8) is 0 Å². The molecule has 12 aromatic rings. The average molecular weight is 792 g/mol. The van der Waals surface area contributed by atoms with Crippen molar-refractivity contribution in [1.29, 1.82) is 0 Å². The Morgan fingerprint density at radius 1 is 0.226 bits per heavy atom. The van der Waals surface area contributed by atoms with Gasteiger partial charge in [0.2, 0.25) is 0 Å². The van der Waals surface area contributed by atoms with Crippen LogP contribution in [0.5, 0.6) is 0 Å². The van der Waals surface area contributed by atoms with Crippen molar-refractivity contribution in [2.45, 2.75) is 0 Å². The largest absolute Gasteiger partial charge is 0.309 e. The molecule has 0 fully saturated rings. The van der Waals surface area contributed by atoms with Crippen molar-refractivity contribution in [2.75, 3.05) is 0 Å². The highest BCUT2D eigenvalue weighted by Crippen LogP contribution is 2.38. The maximum atomic E-state index is 4.95. The van der Waals surface area contributed by atoms with E-state index < -0.39 is 0 Å². The van der Waals surface area contributed by atoms with Crippen LogP contribution in [0.3, 0.4) is 0 Å². The minimum absolute atomic E-state index is 0.642. The van der Waals surface area contributed by atoms with Gasteiger partial charge in [0.25, 0.3) is 0 Å². The van der Waals surface area contributed by atoms with Crippen molar-refractivity contribution in [3.8, 4) is 67.8 Å². The molecule has 0 bridgehead atoms. The van der Waals surface area contributed by atoms with Gasteiger partial charge < -0.3 is 9.13 Å². The summed E-state index contributed by atoms with van der Waals surface area (Å²) in [6.45, 7) is 0. The van der Waals surface area contributed by atoms with E-state index in [0.29, 0.717) is 17.5 Å². The van der Waals surface area contributed by atoms with Crippen LogP contribution >= 0.6 is 0 Å². The van der Waals surface area contributed by atoms with Crippen molar-refractivity contribution in [2.24, 2.45) is 0 Å². The predicted octanol–water partition coefficient (Wildman–Crippen LogP) is 14.4. The van der Waals surface area contributed by atoms with E-state index in [4.69, 9.17) is 15.0 Å². The van der Waals surface area contributed by atoms with Crippen molar-refractivity contribution in [3.05, 3.63) is 224 Å². The molecule has 0 saturated carbocycles. The Kier molecular flexibility index (Phi) is 8.42. The van der Waals surface area contributed by atoms with Gasteiger partial charge in [-0.1, -0.05) is 164 Å². The Morgan fingerprint density at radius 2 is 0.581 bits per heavy atom. The van der Waals surface area contributed by atoms with E-state index in [-0.39, 0.29) is 0 Å². The molecule has 62 heavy (non-hydrogen) atoms. The van der Waals surface area contributed by atoms with E-state index in [2.05, 4.69) is 173 Å². The molecule has 12 rings (SSSR count). The summed E-state index contributed by atoms with van der Waals surface area (Å²) < 4.78 is 4.76. The van der Waals surface area contributed by atoms with Crippen LogP contribution in [0.4, 0.5) is 0 Å². The molecule has 0 saturated heterocycles. The number of hydrogen-bond acceptors (Lipinski definition) is 3. The second-order valence-electron chi connectivity index (χ2n) is 15.7. The van der Waals surface area contributed by atoms with E-state index in [1.54, 1.807) is 0 Å². The number of nitrogens with zero attached hydrogens (tertiary/aromatic N) is 5. The third kappa shape index (κ3) is 6.06. The molecule has 290 valence electrons. The Labute approximate surface area is 358 Å². The number of benzene rings is 9. The summed E-state index contributed by atoms with van der Waals surface area (Å²) in [7, 11) is 0. The van der Waals surface area contributed by atoms with Crippen LogP contribution in [0.1, 0.15) is 0 Å². The maximum Gasteiger partial charge on any atom is 0.164 e. The standard InChI is InChI=1S/C57H37N5/c1-4-15-39(16-5-1)55-58-56(40-17-6-2-7-18-40)60-57(59-55)41-29-27-38(28-30-41)43-31-33-54-49(36-43)48-24-11-13-26-52(48)62(54)46-22-14-19-42(35-46)44-32-34-53-50(37-44)47-23-10-12-25-51(47)61(53)45-20-8-3-9-21-45/h1-37H. The molecule has 0 unspecified atom stereocenters. The van der Waals surface area contributed by atoms with E-state index in [1.165, 1.54) is 49.2 Å². The van der Waals surface area contributed by atoms with Crippen LogP contribution in [0.2, 0.25) is 0 Å². The zero-order valence-electron chi connectivity index (χ0n) is 33.6. The van der Waals surface area contributed by atoms with Crippen LogP contribution in [-0.4, -0.2) is 24.1 Å². The first-order chi connectivity index (χ1) is 30.7. The zero-order valence-corrected chi connectivity index (χ0v) is 33.6. The highest BCUT2D eigenvalue weighted by Gasteiger charge is 2.17. The molecule has 0 N–H and O–H groups in total. The smallest absolute Gasteiger partial charge is 0.164 e. The third-order valence-corrected chi connectivity index (χ3v) is 12.0. The first-order valence-electron chi connectivity index (χ1n) is 20.9. The van der Waals surface area contributed by atoms with Gasteiger partial charge in [-0.15, -0.1) is 0 Å². The van der Waals surface area contributed by atoms with E-state index in [0.717, 1.165) is 44.7 Å². The Balaban J connectivity index is 0.916. The average Bonchev–Trinajstić information content (AvgIpc) is 3.87. The molecule has 0 aliphatic rings. The second kappa shape index (κ2) is 14.7. The number of hydrogen-bond donors (Lipinski definition) is 0. The van der Waals surface area contributed by atoms with Gasteiger partial charge in [-0.05, 0) is 82.9 Å². The van der Waals surface area contributed by atoms with Crippen molar-refractivity contribution < 1.29 is 0 Å². The van der Waals surface area contributed by atoms with Gasteiger partial charge in [-0.3, -0.25) is 0 Å². The van der Waals surface area contributed by atoms with Crippen molar-refractivity contribution >= 4 is 43.6 Å². The van der Waals surface area contributed by atoms with Crippen LogP contribution < -0.4 is 0 Å². The molecule has 9 aromatic carbocycles. The molecule has 5 nitrogen and oxygen atoms in total. The molecule has 0 aliphatic heterocycles. The van der Waals surface area contributed by atoms with E-state index in [9.17, 15) is 0 Å². The summed E-state index contributed by atoms with van der Waals surface area (Å²) in [5.41, 5.74) is 14.5. The number of rotatable bonds is 7. The van der Waals surface area contributed by atoms with Crippen LogP contribution in [0.25, 0.3) is 111 Å². The SMILES string of the molecule is c1ccc(-c2nc(-c3ccccc3)nc(-c3ccc(-c4ccc5c(c4)c4ccccc4n5-c4cccc(-c5ccc6c(c5)c5ccccc5n6-c5ccccc5)c4)cc3)n2)cc1. The quantitative estimate of drug-likeness (QED) is 0.162. The first kappa shape index (κ1) is 35.5. The van der Waals surface area contributed by atoms with E-state index >= 15 is 0 Å². The van der Waals surface area contributed by atoms with Crippen LogP contribution in [0.15, 0.2) is 224 Å². The number of fused-ring (bicyclic) bond motifs is 6. The van der Waals surface area contributed by atoms with Crippen LogP contribution in [-0.2, 0) is 0 Å². The monoisotopic (exact) mass is 791 g/mol. The van der Waals surface area contributed by atoms with Gasteiger partial charge in [0, 0.05) is 49.6 Å². The summed E-state index contributed by atoms with van der Waals surface area (Å²) in [4.78, 5) is 14.8. The number of para-hydroxylation sites is 3. The van der Waals surface area contributed by atoms with Crippen molar-refractivity contribution in [1.82, 2.24) is 24.1 Å². The third-order valence-electron chi connectivity index (χ3n) is 12.0. The zero-order chi connectivity index (χ0) is 41.0. The lowest BCUT2D eigenvalue weighted by atomic mass is 10.0. The van der Waals surface area contributed by atoms with Gasteiger partial charge in [-0.2, -0.15) is 0 Å². The second-order valence-corrected chi connectivity index (χ2v) is 15.7. The topological polar surface area (TPSA) is 48.5 Å². The molecule has 3 heterocycles. The fraction of sp³-hybridized carbons (Fsp3) is 0. The Hall–Kier alpha value is -8.41. The molecular weight excluding hydrogens is 755 g/mol. The minimum atomic E-state index is 0.642. The molecule has 0 amide bonds. The van der Waals surface area contributed by atoms with Gasteiger partial charge in [0.15, 0.2) is 17.5 Å². The maximum absolute atomic E-state index is 4.95. The van der Waals surface area contributed by atoms with Gasteiger partial charge >= 0.3 is 0 Å². The molecule has 3 aromatic heterocycles. The number of aromatic nitrogens is 5. The van der Waals surface area contributed by atoms with Gasteiger partial charge in [0.05, 0.1) is 22.1 Å². The minimum Gasteiger partial charge on any atom is -0.309 e.